The maximum absolute atomic E-state index is 14.1. The smallest absolute Gasteiger partial charge is 0.173 e. The van der Waals surface area contributed by atoms with Gasteiger partial charge in [-0.1, -0.05) is 29.1 Å². The van der Waals surface area contributed by atoms with Gasteiger partial charge in [0.25, 0.3) is 0 Å². The van der Waals surface area contributed by atoms with Crippen molar-refractivity contribution in [3.8, 4) is 0 Å². The van der Waals surface area contributed by atoms with Crippen molar-refractivity contribution in [1.29, 1.82) is 0 Å². The van der Waals surface area contributed by atoms with Crippen LogP contribution < -0.4 is 5.73 Å². The van der Waals surface area contributed by atoms with Gasteiger partial charge in [0.15, 0.2) is 5.84 Å². The highest BCUT2D eigenvalue weighted by atomic mass is 32.2. The molecule has 0 saturated heterocycles. The zero-order chi connectivity index (χ0) is 13.8. The maximum Gasteiger partial charge on any atom is 0.173 e. The lowest BCUT2D eigenvalue weighted by atomic mass is 10.1. The number of halogens is 1. The Morgan fingerprint density at radius 1 is 1.58 bits per heavy atom. The normalized spacial score (nSPS) is 11.8. The average molecular weight is 297 g/mol. The van der Waals surface area contributed by atoms with Crippen LogP contribution in [0, 0.1) is 12.7 Å². The second-order valence-electron chi connectivity index (χ2n) is 3.81. The SMILES string of the molecule is Cc1csc(SCc2cccc(/C(N)=N/O)c2F)n1. The van der Waals surface area contributed by atoms with Crippen molar-refractivity contribution in [3.63, 3.8) is 0 Å². The average Bonchev–Trinajstić information content (AvgIpc) is 2.82. The summed E-state index contributed by atoms with van der Waals surface area (Å²) in [5.41, 5.74) is 6.98. The van der Waals surface area contributed by atoms with Gasteiger partial charge < -0.3 is 10.9 Å². The van der Waals surface area contributed by atoms with Crippen molar-refractivity contribution in [2.24, 2.45) is 10.9 Å². The lowest BCUT2D eigenvalue weighted by Crippen LogP contribution is -2.15. The molecule has 1 heterocycles. The molecule has 0 aliphatic rings. The molecular formula is C12H12FN3OS2. The first-order chi connectivity index (χ1) is 9.11. The van der Waals surface area contributed by atoms with Crippen molar-refractivity contribution in [2.75, 3.05) is 0 Å². The first-order valence-electron chi connectivity index (χ1n) is 5.42. The van der Waals surface area contributed by atoms with E-state index in [9.17, 15) is 4.39 Å². The van der Waals surface area contributed by atoms with E-state index in [1.165, 1.54) is 29.2 Å². The highest BCUT2D eigenvalue weighted by Crippen LogP contribution is 2.27. The number of rotatable bonds is 4. The minimum absolute atomic E-state index is 0.107. The van der Waals surface area contributed by atoms with Gasteiger partial charge in [0.2, 0.25) is 0 Å². The molecule has 3 N–H and O–H groups in total. The van der Waals surface area contributed by atoms with Crippen molar-refractivity contribution < 1.29 is 9.60 Å². The number of aryl methyl sites for hydroxylation is 1. The molecule has 0 radical (unpaired) electrons. The van der Waals surface area contributed by atoms with E-state index in [0.29, 0.717) is 11.3 Å². The molecule has 0 bridgehead atoms. The predicted molar refractivity (Wildman–Crippen MR) is 75.3 cm³/mol. The summed E-state index contributed by atoms with van der Waals surface area (Å²) in [4.78, 5) is 4.30. The van der Waals surface area contributed by atoms with Crippen LogP contribution in [-0.2, 0) is 5.75 Å². The Morgan fingerprint density at radius 2 is 2.37 bits per heavy atom. The summed E-state index contributed by atoms with van der Waals surface area (Å²) < 4.78 is 15.0. The van der Waals surface area contributed by atoms with Gasteiger partial charge >= 0.3 is 0 Å². The molecule has 0 amide bonds. The lowest BCUT2D eigenvalue weighted by molar-refractivity contribution is 0.318. The molecule has 1 aromatic carbocycles. The predicted octanol–water partition coefficient (Wildman–Crippen LogP) is 2.98. The molecule has 0 saturated carbocycles. The quantitative estimate of drug-likeness (QED) is 0.299. The summed E-state index contributed by atoms with van der Waals surface area (Å²) >= 11 is 2.99. The molecule has 0 aliphatic carbocycles. The minimum atomic E-state index is -0.460. The molecular weight excluding hydrogens is 285 g/mol. The van der Waals surface area contributed by atoms with E-state index in [1.54, 1.807) is 12.1 Å². The Balaban J connectivity index is 2.17. The van der Waals surface area contributed by atoms with E-state index in [2.05, 4.69) is 10.1 Å². The van der Waals surface area contributed by atoms with Gasteiger partial charge in [0.05, 0.1) is 5.56 Å². The number of amidine groups is 1. The van der Waals surface area contributed by atoms with Gasteiger partial charge in [-0.25, -0.2) is 9.37 Å². The number of oxime groups is 1. The Morgan fingerprint density at radius 3 is 3.00 bits per heavy atom. The second-order valence-corrected chi connectivity index (χ2v) is 5.89. The van der Waals surface area contributed by atoms with Crippen molar-refractivity contribution in [1.82, 2.24) is 4.98 Å². The van der Waals surface area contributed by atoms with Gasteiger partial charge in [-0.2, -0.15) is 0 Å². The highest BCUT2D eigenvalue weighted by Gasteiger charge is 2.12. The number of nitrogens with two attached hydrogens (primary N) is 1. The number of thiazole rings is 1. The monoisotopic (exact) mass is 297 g/mol. The Labute approximate surface area is 118 Å². The van der Waals surface area contributed by atoms with E-state index in [-0.39, 0.29) is 11.4 Å². The van der Waals surface area contributed by atoms with Gasteiger partial charge in [0.1, 0.15) is 10.2 Å². The third kappa shape index (κ3) is 3.24. The summed E-state index contributed by atoms with van der Waals surface area (Å²) in [7, 11) is 0. The second kappa shape index (κ2) is 6.03. The summed E-state index contributed by atoms with van der Waals surface area (Å²) in [5.74, 6) is -0.237. The molecule has 7 heteroatoms. The van der Waals surface area contributed by atoms with E-state index in [1.807, 2.05) is 12.3 Å². The van der Waals surface area contributed by atoms with Crippen molar-refractivity contribution in [3.05, 3.63) is 46.2 Å². The molecule has 4 nitrogen and oxygen atoms in total. The van der Waals surface area contributed by atoms with Crippen LogP contribution in [0.5, 0.6) is 0 Å². The van der Waals surface area contributed by atoms with Crippen LogP contribution in [0.1, 0.15) is 16.8 Å². The van der Waals surface area contributed by atoms with Crippen LogP contribution in [-0.4, -0.2) is 16.0 Å². The van der Waals surface area contributed by atoms with E-state index < -0.39 is 5.82 Å². The first kappa shape index (κ1) is 13.8. The first-order valence-corrected chi connectivity index (χ1v) is 7.28. The third-order valence-electron chi connectivity index (χ3n) is 2.41. The van der Waals surface area contributed by atoms with Crippen molar-refractivity contribution >= 4 is 28.9 Å². The molecule has 0 aliphatic heterocycles. The molecule has 19 heavy (non-hydrogen) atoms. The standard InChI is InChI=1S/C12H12FN3OS2/c1-7-5-18-12(15-7)19-6-8-3-2-4-9(10(8)13)11(14)16-17/h2-5,17H,6H2,1H3,(H2,14,16). The Kier molecular flexibility index (Phi) is 4.39. The lowest BCUT2D eigenvalue weighted by Gasteiger charge is -2.06. The van der Waals surface area contributed by atoms with Crippen molar-refractivity contribution in [2.45, 2.75) is 17.0 Å². The number of thioether (sulfide) groups is 1. The Bertz CT molecular complexity index is 613. The Hall–Kier alpha value is -1.60. The minimum Gasteiger partial charge on any atom is -0.409 e. The fourth-order valence-electron chi connectivity index (χ4n) is 1.48. The molecule has 2 rings (SSSR count). The zero-order valence-electron chi connectivity index (χ0n) is 10.1. The molecule has 0 fully saturated rings. The molecule has 0 unspecified atom stereocenters. The summed E-state index contributed by atoms with van der Waals surface area (Å²) in [6.45, 7) is 1.92. The topological polar surface area (TPSA) is 71.5 Å². The summed E-state index contributed by atoms with van der Waals surface area (Å²) in [6, 6.07) is 4.84. The summed E-state index contributed by atoms with van der Waals surface area (Å²) in [5, 5.41) is 13.4. The maximum atomic E-state index is 14.1. The van der Waals surface area contributed by atoms with Crippen LogP contribution in [0.3, 0.4) is 0 Å². The molecule has 0 spiro atoms. The van der Waals surface area contributed by atoms with Crippen LogP contribution >= 0.6 is 23.1 Å². The molecule has 0 atom stereocenters. The van der Waals surface area contributed by atoms with E-state index in [0.717, 1.165) is 10.0 Å². The number of hydrogen-bond donors (Lipinski definition) is 2. The third-order valence-corrected chi connectivity index (χ3v) is 4.60. The van der Waals surface area contributed by atoms with E-state index in [4.69, 9.17) is 10.9 Å². The zero-order valence-corrected chi connectivity index (χ0v) is 11.8. The number of nitrogens with zero attached hydrogens (tertiary/aromatic N) is 2. The van der Waals surface area contributed by atoms with Gasteiger partial charge in [0, 0.05) is 16.8 Å². The van der Waals surface area contributed by atoms with Crippen LogP contribution in [0.25, 0.3) is 0 Å². The highest BCUT2D eigenvalue weighted by molar-refractivity contribution is 8.00. The number of hydrogen-bond acceptors (Lipinski definition) is 5. The van der Waals surface area contributed by atoms with Gasteiger partial charge in [-0.3, -0.25) is 0 Å². The summed E-state index contributed by atoms with van der Waals surface area (Å²) in [6.07, 6.45) is 0. The van der Waals surface area contributed by atoms with Gasteiger partial charge in [-0.05, 0) is 18.6 Å². The fraction of sp³-hybridized carbons (Fsp3) is 0.167. The van der Waals surface area contributed by atoms with Gasteiger partial charge in [-0.15, -0.1) is 11.3 Å². The van der Waals surface area contributed by atoms with Crippen LogP contribution in [0.15, 0.2) is 33.1 Å². The largest absolute Gasteiger partial charge is 0.409 e. The van der Waals surface area contributed by atoms with Crippen LogP contribution in [0.4, 0.5) is 4.39 Å². The molecule has 2 aromatic rings. The van der Waals surface area contributed by atoms with Crippen LogP contribution in [0.2, 0.25) is 0 Å². The number of benzene rings is 1. The number of aromatic nitrogens is 1. The molecule has 100 valence electrons. The van der Waals surface area contributed by atoms with E-state index >= 15 is 0 Å². The fourth-order valence-corrected chi connectivity index (χ4v) is 3.31. The molecule has 1 aromatic heterocycles.